The van der Waals surface area contributed by atoms with E-state index in [2.05, 4.69) is 69.0 Å². The molecule has 0 aromatic heterocycles. The highest BCUT2D eigenvalue weighted by Crippen LogP contribution is 2.14. The molecule has 0 aliphatic carbocycles. The Kier molecular flexibility index (Phi) is 12.8. The predicted octanol–water partition coefficient (Wildman–Crippen LogP) is 4.62. The fourth-order valence-corrected chi connectivity index (χ4v) is 4.78. The van der Waals surface area contributed by atoms with Crippen LogP contribution in [0.25, 0.3) is 0 Å². The standard InChI is InChI=1S/C16H24N2O2.C14H22N2/c1-2-20-16(19)17-10-9-14-5-7-15(8-6-14)13-18-11-3-4-12-18;1-15-9-8-13-4-6-14(7-5-13)12-16-10-2-3-11-16/h5-8H,2-4,9-13H2,1H3,(H,17,19);4-7,15H,2-3,8-12H2,1H3. The third-order valence-electron chi connectivity index (χ3n) is 6.88. The first-order chi connectivity index (χ1) is 17.7. The van der Waals surface area contributed by atoms with E-state index in [1.165, 1.54) is 74.1 Å². The van der Waals surface area contributed by atoms with Crippen molar-refractivity contribution in [1.82, 2.24) is 20.4 Å². The molecule has 0 unspecified atom stereocenters. The normalized spacial score (nSPS) is 15.9. The van der Waals surface area contributed by atoms with E-state index in [4.69, 9.17) is 4.74 Å². The third kappa shape index (κ3) is 10.7. The number of carbonyl (C=O) groups excluding carboxylic acids is 1. The molecule has 198 valence electrons. The number of carbonyl (C=O) groups is 1. The molecular formula is C30H46N4O2. The van der Waals surface area contributed by atoms with Crippen LogP contribution in [-0.2, 0) is 30.7 Å². The summed E-state index contributed by atoms with van der Waals surface area (Å²) in [6.45, 7) is 11.1. The smallest absolute Gasteiger partial charge is 0.407 e. The number of nitrogens with zero attached hydrogens (tertiary/aromatic N) is 2. The average molecular weight is 495 g/mol. The largest absolute Gasteiger partial charge is 0.450 e. The first kappa shape index (κ1) is 28.2. The van der Waals surface area contributed by atoms with Gasteiger partial charge >= 0.3 is 6.09 Å². The number of likely N-dealkylation sites (tertiary alicyclic amines) is 2. The molecule has 2 heterocycles. The molecule has 4 rings (SSSR count). The van der Waals surface area contributed by atoms with Crippen LogP contribution in [0.4, 0.5) is 4.79 Å². The van der Waals surface area contributed by atoms with Crippen LogP contribution < -0.4 is 10.6 Å². The molecule has 0 bridgehead atoms. The van der Waals surface area contributed by atoms with Crippen molar-refractivity contribution in [2.24, 2.45) is 0 Å². The van der Waals surface area contributed by atoms with Gasteiger partial charge in [0.2, 0.25) is 0 Å². The van der Waals surface area contributed by atoms with Crippen LogP contribution in [0.1, 0.15) is 54.9 Å². The number of nitrogens with one attached hydrogen (secondary N) is 2. The molecule has 6 nitrogen and oxygen atoms in total. The summed E-state index contributed by atoms with van der Waals surface area (Å²) in [6, 6.07) is 17.8. The van der Waals surface area contributed by atoms with Crippen LogP contribution in [0, 0.1) is 0 Å². The lowest BCUT2D eigenvalue weighted by Gasteiger charge is -2.14. The van der Waals surface area contributed by atoms with E-state index in [0.29, 0.717) is 13.2 Å². The number of likely N-dealkylation sites (N-methyl/N-ethyl adjacent to an activating group) is 1. The number of rotatable bonds is 11. The van der Waals surface area contributed by atoms with Crippen molar-refractivity contribution in [2.45, 2.75) is 58.5 Å². The van der Waals surface area contributed by atoms with Gasteiger partial charge in [-0.1, -0.05) is 48.5 Å². The van der Waals surface area contributed by atoms with Crippen molar-refractivity contribution in [2.75, 3.05) is 52.9 Å². The van der Waals surface area contributed by atoms with Gasteiger partial charge in [-0.25, -0.2) is 4.79 Å². The van der Waals surface area contributed by atoms with E-state index in [0.717, 1.165) is 32.5 Å². The lowest BCUT2D eigenvalue weighted by atomic mass is 10.1. The van der Waals surface area contributed by atoms with E-state index in [1.807, 2.05) is 7.05 Å². The van der Waals surface area contributed by atoms with Crippen molar-refractivity contribution in [1.29, 1.82) is 0 Å². The molecule has 2 fully saturated rings. The quantitative estimate of drug-likeness (QED) is 0.478. The Morgan fingerprint density at radius 2 is 1.14 bits per heavy atom. The molecule has 36 heavy (non-hydrogen) atoms. The van der Waals surface area contributed by atoms with E-state index >= 15 is 0 Å². The van der Waals surface area contributed by atoms with E-state index in [-0.39, 0.29) is 6.09 Å². The lowest BCUT2D eigenvalue weighted by Crippen LogP contribution is -2.26. The van der Waals surface area contributed by atoms with Crippen LogP contribution in [0.5, 0.6) is 0 Å². The van der Waals surface area contributed by atoms with Crippen LogP contribution in [0.15, 0.2) is 48.5 Å². The van der Waals surface area contributed by atoms with Gasteiger partial charge in [-0.2, -0.15) is 0 Å². The highest BCUT2D eigenvalue weighted by molar-refractivity contribution is 5.67. The zero-order valence-electron chi connectivity index (χ0n) is 22.4. The highest BCUT2D eigenvalue weighted by Gasteiger charge is 2.12. The summed E-state index contributed by atoms with van der Waals surface area (Å²) in [7, 11) is 2.00. The first-order valence-electron chi connectivity index (χ1n) is 13.8. The van der Waals surface area contributed by atoms with Crippen molar-refractivity contribution in [3.05, 3.63) is 70.8 Å². The summed E-state index contributed by atoms with van der Waals surface area (Å²) in [5, 5.41) is 5.92. The Balaban J connectivity index is 0.000000205. The van der Waals surface area contributed by atoms with Crippen molar-refractivity contribution >= 4 is 6.09 Å². The summed E-state index contributed by atoms with van der Waals surface area (Å²) in [6.07, 6.45) is 7.04. The first-order valence-corrected chi connectivity index (χ1v) is 13.8. The molecular weight excluding hydrogens is 448 g/mol. The SMILES string of the molecule is CCOC(=O)NCCc1ccc(CN2CCCC2)cc1.CNCCc1ccc(CN2CCCC2)cc1. The summed E-state index contributed by atoms with van der Waals surface area (Å²) in [5.74, 6) is 0. The highest BCUT2D eigenvalue weighted by atomic mass is 16.5. The van der Waals surface area contributed by atoms with Crippen LogP contribution >= 0.6 is 0 Å². The molecule has 0 spiro atoms. The second-order valence-electron chi connectivity index (χ2n) is 9.85. The Morgan fingerprint density at radius 1 is 0.722 bits per heavy atom. The van der Waals surface area contributed by atoms with E-state index < -0.39 is 0 Å². The van der Waals surface area contributed by atoms with Crippen molar-refractivity contribution < 1.29 is 9.53 Å². The molecule has 2 N–H and O–H groups in total. The summed E-state index contributed by atoms with van der Waals surface area (Å²) in [4.78, 5) is 16.2. The van der Waals surface area contributed by atoms with Gasteiger partial charge in [-0.3, -0.25) is 9.80 Å². The zero-order chi connectivity index (χ0) is 25.4. The van der Waals surface area contributed by atoms with E-state index in [1.54, 1.807) is 6.92 Å². The molecule has 0 atom stereocenters. The molecule has 0 saturated carbocycles. The van der Waals surface area contributed by atoms with Gasteiger partial charge in [-0.05, 0) is 107 Å². The van der Waals surface area contributed by atoms with Gasteiger partial charge in [0, 0.05) is 19.6 Å². The Hall–Kier alpha value is -2.41. The minimum absolute atomic E-state index is 0.335. The minimum Gasteiger partial charge on any atom is -0.450 e. The Labute approximate surface area is 218 Å². The molecule has 2 aliphatic heterocycles. The average Bonchev–Trinajstić information content (AvgIpc) is 3.60. The fourth-order valence-electron chi connectivity index (χ4n) is 4.78. The van der Waals surface area contributed by atoms with Gasteiger partial charge in [0.25, 0.3) is 0 Å². The number of ether oxygens (including phenoxy) is 1. The fraction of sp³-hybridized carbons (Fsp3) is 0.567. The summed E-state index contributed by atoms with van der Waals surface area (Å²) >= 11 is 0. The zero-order valence-corrected chi connectivity index (χ0v) is 22.4. The molecule has 1 amide bonds. The van der Waals surface area contributed by atoms with Crippen molar-refractivity contribution in [3.63, 3.8) is 0 Å². The van der Waals surface area contributed by atoms with Crippen LogP contribution in [0.2, 0.25) is 0 Å². The van der Waals surface area contributed by atoms with Crippen LogP contribution in [0.3, 0.4) is 0 Å². The Morgan fingerprint density at radius 3 is 1.56 bits per heavy atom. The monoisotopic (exact) mass is 494 g/mol. The topological polar surface area (TPSA) is 56.8 Å². The van der Waals surface area contributed by atoms with E-state index in [9.17, 15) is 4.79 Å². The molecule has 6 heteroatoms. The number of amides is 1. The summed E-state index contributed by atoms with van der Waals surface area (Å²) in [5.41, 5.74) is 5.50. The summed E-state index contributed by atoms with van der Waals surface area (Å²) < 4.78 is 4.82. The molecule has 0 radical (unpaired) electrons. The molecule has 2 aromatic rings. The molecule has 2 aliphatic rings. The maximum atomic E-state index is 11.1. The van der Waals surface area contributed by atoms with Gasteiger partial charge in [-0.15, -0.1) is 0 Å². The number of hydrogen-bond acceptors (Lipinski definition) is 5. The minimum atomic E-state index is -0.335. The second-order valence-corrected chi connectivity index (χ2v) is 9.85. The molecule has 2 saturated heterocycles. The Bertz CT molecular complexity index is 858. The second kappa shape index (κ2) is 16.4. The molecule has 2 aromatic carbocycles. The lowest BCUT2D eigenvalue weighted by molar-refractivity contribution is 0.152. The van der Waals surface area contributed by atoms with Gasteiger partial charge in [0.15, 0.2) is 0 Å². The van der Waals surface area contributed by atoms with Crippen LogP contribution in [-0.4, -0.2) is 68.8 Å². The third-order valence-corrected chi connectivity index (χ3v) is 6.88. The maximum absolute atomic E-state index is 11.1. The maximum Gasteiger partial charge on any atom is 0.407 e. The number of hydrogen-bond donors (Lipinski definition) is 2. The van der Waals surface area contributed by atoms with Gasteiger partial charge < -0.3 is 15.4 Å². The van der Waals surface area contributed by atoms with Gasteiger partial charge in [0.1, 0.15) is 0 Å². The van der Waals surface area contributed by atoms with Gasteiger partial charge in [0.05, 0.1) is 6.61 Å². The number of alkyl carbamates (subject to hydrolysis) is 1. The number of benzene rings is 2. The predicted molar refractivity (Wildman–Crippen MR) is 148 cm³/mol. The van der Waals surface area contributed by atoms with Crippen molar-refractivity contribution in [3.8, 4) is 0 Å².